The van der Waals surface area contributed by atoms with E-state index in [1.807, 2.05) is 0 Å². The van der Waals surface area contributed by atoms with Crippen LogP contribution >= 0.6 is 25.3 Å². The standard InChI is InChI=1S/C10H20S2Se3/c11-7-9-3-1-2-4-10(6-5-9)14-15-13-8-12/h9-12H,1-8H2. The van der Waals surface area contributed by atoms with Crippen LogP contribution in [0.3, 0.4) is 0 Å². The van der Waals surface area contributed by atoms with Crippen LogP contribution in [0.1, 0.15) is 38.5 Å². The molecule has 0 amide bonds. The van der Waals surface area contributed by atoms with Crippen molar-refractivity contribution in [3.8, 4) is 0 Å². The van der Waals surface area contributed by atoms with Crippen molar-refractivity contribution in [2.75, 3.05) is 10.4 Å². The third-order valence-electron chi connectivity index (χ3n) is 2.82. The topological polar surface area (TPSA) is 0 Å². The number of hydrogen-bond acceptors (Lipinski definition) is 2. The Morgan fingerprint density at radius 3 is 2.53 bits per heavy atom. The molecule has 0 N–H and O–H groups in total. The zero-order valence-corrected chi connectivity index (χ0v) is 15.9. The Balaban J connectivity index is 2.19. The van der Waals surface area contributed by atoms with Gasteiger partial charge in [-0.05, 0) is 0 Å². The molecule has 1 aliphatic rings. The summed E-state index contributed by atoms with van der Waals surface area (Å²) in [4.78, 5) is 1.11. The van der Waals surface area contributed by atoms with Gasteiger partial charge in [0.1, 0.15) is 0 Å². The summed E-state index contributed by atoms with van der Waals surface area (Å²) in [5, 5.41) is 0. The first kappa shape index (κ1) is 15.3. The second-order valence-electron chi connectivity index (χ2n) is 3.94. The molecule has 0 heterocycles. The second kappa shape index (κ2) is 10.2. The minimum atomic E-state index is 0.890. The molecule has 1 rings (SSSR count). The molecular weight excluding hydrogens is 421 g/mol. The first-order valence-electron chi connectivity index (χ1n) is 5.53. The molecule has 0 saturated heterocycles. The van der Waals surface area contributed by atoms with Crippen molar-refractivity contribution in [1.29, 1.82) is 0 Å². The SMILES string of the molecule is SC[Se][Se][Se]C1CCCCC(CS)CC1. The van der Waals surface area contributed by atoms with Crippen molar-refractivity contribution in [2.24, 2.45) is 5.92 Å². The van der Waals surface area contributed by atoms with Gasteiger partial charge >= 0.3 is 122 Å². The second-order valence-corrected chi connectivity index (χ2v) is 22.6. The van der Waals surface area contributed by atoms with Crippen LogP contribution in [0.25, 0.3) is 0 Å². The van der Waals surface area contributed by atoms with E-state index < -0.39 is 0 Å². The van der Waals surface area contributed by atoms with Gasteiger partial charge in [-0.3, -0.25) is 0 Å². The van der Waals surface area contributed by atoms with E-state index in [1.54, 1.807) is 0 Å². The molecule has 0 nitrogen and oxygen atoms in total. The van der Waals surface area contributed by atoms with Crippen LogP contribution in [0.4, 0.5) is 0 Å². The van der Waals surface area contributed by atoms with Crippen LogP contribution in [0, 0.1) is 5.92 Å². The van der Waals surface area contributed by atoms with Crippen molar-refractivity contribution in [3.63, 3.8) is 0 Å². The summed E-state index contributed by atoms with van der Waals surface area (Å²) in [5.74, 6) is 2.04. The minimum absolute atomic E-state index is 0.890. The Morgan fingerprint density at radius 1 is 1.00 bits per heavy atom. The zero-order chi connectivity index (χ0) is 10.9. The number of thiol groups is 2. The molecule has 0 aliphatic heterocycles. The zero-order valence-electron chi connectivity index (χ0n) is 8.93. The van der Waals surface area contributed by atoms with Gasteiger partial charge in [-0.15, -0.1) is 0 Å². The summed E-state index contributed by atoms with van der Waals surface area (Å²) in [6, 6.07) is 0. The average Bonchev–Trinajstić information content (AvgIpc) is 2.22. The van der Waals surface area contributed by atoms with E-state index in [2.05, 4.69) is 25.3 Å². The van der Waals surface area contributed by atoms with Gasteiger partial charge in [-0.2, -0.15) is 0 Å². The summed E-state index contributed by atoms with van der Waals surface area (Å²) in [6.45, 7) is 0. The molecular formula is C10H20S2Se3. The van der Waals surface area contributed by atoms with Gasteiger partial charge < -0.3 is 0 Å². The molecule has 1 saturated carbocycles. The fourth-order valence-corrected chi connectivity index (χ4v) is 26.0. The van der Waals surface area contributed by atoms with Gasteiger partial charge in [0.05, 0.1) is 0 Å². The van der Waals surface area contributed by atoms with Crippen molar-refractivity contribution in [3.05, 3.63) is 0 Å². The molecule has 1 aliphatic carbocycles. The molecule has 1 fully saturated rings. The summed E-state index contributed by atoms with van der Waals surface area (Å²) >= 11 is 11.7. The molecule has 0 bridgehead atoms. The van der Waals surface area contributed by atoms with E-state index in [1.165, 1.54) is 43.2 Å². The van der Waals surface area contributed by atoms with Gasteiger partial charge in [-0.1, -0.05) is 0 Å². The average molecular weight is 441 g/mol. The Hall–Kier alpha value is 2.26. The van der Waals surface area contributed by atoms with Gasteiger partial charge in [0, 0.05) is 0 Å². The Kier molecular flexibility index (Phi) is 10.4. The van der Waals surface area contributed by atoms with E-state index in [-0.39, 0.29) is 0 Å². The summed E-state index contributed by atoms with van der Waals surface area (Å²) in [7, 11) is 0. The third-order valence-corrected chi connectivity index (χ3v) is 24.3. The fraction of sp³-hybridized carbons (Fsp3) is 1.00. The first-order chi connectivity index (χ1) is 7.36. The molecule has 2 atom stereocenters. The van der Waals surface area contributed by atoms with Crippen LogP contribution in [-0.2, 0) is 0 Å². The van der Waals surface area contributed by atoms with E-state index in [0.717, 1.165) is 54.1 Å². The van der Waals surface area contributed by atoms with Crippen LogP contribution in [0.5, 0.6) is 0 Å². The van der Waals surface area contributed by atoms with Crippen molar-refractivity contribution < 1.29 is 0 Å². The van der Waals surface area contributed by atoms with Gasteiger partial charge in [0.15, 0.2) is 0 Å². The maximum atomic E-state index is 4.46. The van der Waals surface area contributed by atoms with Gasteiger partial charge in [-0.25, -0.2) is 0 Å². The van der Waals surface area contributed by atoms with E-state index >= 15 is 0 Å². The van der Waals surface area contributed by atoms with Gasteiger partial charge in [0.25, 0.3) is 0 Å². The number of hydrogen-bond donors (Lipinski definition) is 2. The maximum absolute atomic E-state index is 4.46. The van der Waals surface area contributed by atoms with Crippen molar-refractivity contribution in [1.82, 2.24) is 0 Å². The molecule has 15 heavy (non-hydrogen) atoms. The predicted octanol–water partition coefficient (Wildman–Crippen LogP) is 2.51. The Bertz CT molecular complexity index is 158. The summed E-state index contributed by atoms with van der Waals surface area (Å²) in [6.07, 6.45) is 8.89. The molecule has 0 aromatic carbocycles. The Morgan fingerprint density at radius 2 is 1.80 bits per heavy atom. The quantitative estimate of drug-likeness (QED) is 0.366. The molecule has 90 valence electrons. The van der Waals surface area contributed by atoms with E-state index in [0.29, 0.717) is 0 Å². The first-order valence-corrected chi connectivity index (χ1v) is 17.7. The van der Waals surface area contributed by atoms with Crippen molar-refractivity contribution in [2.45, 2.75) is 43.3 Å². The Labute approximate surface area is 121 Å². The summed E-state index contributed by atoms with van der Waals surface area (Å²) < 4.78 is 1.17. The fourth-order valence-electron chi connectivity index (χ4n) is 1.90. The monoisotopic (exact) mass is 444 g/mol. The van der Waals surface area contributed by atoms with Crippen molar-refractivity contribution >= 4 is 62.8 Å². The number of rotatable bonds is 5. The van der Waals surface area contributed by atoms with E-state index in [9.17, 15) is 0 Å². The van der Waals surface area contributed by atoms with Crippen LogP contribution in [-0.4, -0.2) is 48.0 Å². The molecule has 0 aromatic rings. The third kappa shape index (κ3) is 7.31. The molecule has 0 aromatic heterocycles. The van der Waals surface area contributed by atoms with Gasteiger partial charge in [0.2, 0.25) is 0 Å². The van der Waals surface area contributed by atoms with E-state index in [4.69, 9.17) is 0 Å². The molecule has 5 heteroatoms. The molecule has 0 spiro atoms. The predicted molar refractivity (Wildman–Crippen MR) is 79.9 cm³/mol. The normalized spacial score (nSPS) is 28.4. The van der Waals surface area contributed by atoms with Crippen LogP contribution in [0.2, 0.25) is 4.82 Å². The molecule has 2 unspecified atom stereocenters. The van der Waals surface area contributed by atoms with Crippen LogP contribution < -0.4 is 0 Å². The summed E-state index contributed by atoms with van der Waals surface area (Å²) in [5.41, 5.74) is 0. The van der Waals surface area contributed by atoms with Crippen LogP contribution in [0.15, 0.2) is 0 Å². The molecule has 0 radical (unpaired) electrons.